The summed E-state index contributed by atoms with van der Waals surface area (Å²) in [5, 5.41) is 0. The highest BCUT2D eigenvalue weighted by molar-refractivity contribution is 5.54. The molecule has 2 aromatic rings. The van der Waals surface area contributed by atoms with Gasteiger partial charge in [0.15, 0.2) is 5.82 Å². The summed E-state index contributed by atoms with van der Waals surface area (Å²) >= 11 is 0. The van der Waals surface area contributed by atoms with E-state index >= 15 is 0 Å². The van der Waals surface area contributed by atoms with Crippen LogP contribution in [0.1, 0.15) is 25.5 Å². The number of rotatable bonds is 5. The van der Waals surface area contributed by atoms with Gasteiger partial charge in [0.25, 0.3) is 0 Å². The van der Waals surface area contributed by atoms with Crippen LogP contribution in [-0.2, 0) is 11.2 Å². The first-order chi connectivity index (χ1) is 13.3. The van der Waals surface area contributed by atoms with Crippen molar-refractivity contribution >= 4 is 5.82 Å². The molecule has 0 aliphatic carbocycles. The summed E-state index contributed by atoms with van der Waals surface area (Å²) in [6.07, 6.45) is 5.22. The highest BCUT2D eigenvalue weighted by Crippen LogP contribution is 2.25. The summed E-state index contributed by atoms with van der Waals surface area (Å²) in [7, 11) is 0. The number of piperidine rings is 1. The van der Waals surface area contributed by atoms with Crippen molar-refractivity contribution in [3.05, 3.63) is 36.2 Å². The molecule has 0 amide bonds. The van der Waals surface area contributed by atoms with Crippen LogP contribution in [0.15, 0.2) is 30.5 Å². The molecule has 6 nitrogen and oxygen atoms in total. The predicted octanol–water partition coefficient (Wildman–Crippen LogP) is 2.65. The Morgan fingerprint density at radius 3 is 2.81 bits per heavy atom. The van der Waals surface area contributed by atoms with Gasteiger partial charge < -0.3 is 9.64 Å². The van der Waals surface area contributed by atoms with Gasteiger partial charge >= 0.3 is 0 Å². The number of anilines is 1. The predicted molar refractivity (Wildman–Crippen MR) is 107 cm³/mol. The van der Waals surface area contributed by atoms with Crippen molar-refractivity contribution in [3.8, 4) is 11.5 Å². The lowest BCUT2D eigenvalue weighted by Gasteiger charge is -2.37. The molecular weight excluding hydrogens is 338 g/mol. The fourth-order valence-electron chi connectivity index (χ4n) is 4.01. The number of aromatic nitrogens is 3. The molecule has 4 heterocycles. The van der Waals surface area contributed by atoms with Crippen LogP contribution in [-0.4, -0.2) is 65.8 Å². The number of hydrogen-bond donors (Lipinski definition) is 0. The van der Waals surface area contributed by atoms with E-state index in [1.54, 1.807) is 6.20 Å². The van der Waals surface area contributed by atoms with Gasteiger partial charge in [-0.1, -0.05) is 13.0 Å². The van der Waals surface area contributed by atoms with E-state index in [0.29, 0.717) is 5.92 Å². The molecular formula is C21H29N5O. The van der Waals surface area contributed by atoms with Crippen molar-refractivity contribution in [1.82, 2.24) is 19.9 Å². The summed E-state index contributed by atoms with van der Waals surface area (Å²) < 4.78 is 5.49. The SMILES string of the molecule is CCc1cc(N2CCCC(CN3CCOCC3)C2)nc(-c2ccccn2)n1. The Morgan fingerprint density at radius 2 is 2.04 bits per heavy atom. The Balaban J connectivity index is 1.51. The molecule has 0 aromatic carbocycles. The number of nitrogens with zero attached hydrogens (tertiary/aromatic N) is 5. The maximum Gasteiger partial charge on any atom is 0.180 e. The number of pyridine rings is 1. The average molecular weight is 367 g/mol. The van der Waals surface area contributed by atoms with Gasteiger partial charge in [-0.25, -0.2) is 9.97 Å². The minimum atomic E-state index is 0.690. The fourth-order valence-corrected chi connectivity index (χ4v) is 4.01. The lowest BCUT2D eigenvalue weighted by Crippen LogP contribution is -2.44. The number of hydrogen-bond acceptors (Lipinski definition) is 6. The Bertz CT molecular complexity index is 733. The Morgan fingerprint density at radius 1 is 1.15 bits per heavy atom. The molecule has 0 bridgehead atoms. The van der Waals surface area contributed by atoms with E-state index in [1.807, 2.05) is 18.2 Å². The third-order valence-corrected chi connectivity index (χ3v) is 5.48. The molecule has 27 heavy (non-hydrogen) atoms. The van der Waals surface area contributed by atoms with Crippen LogP contribution >= 0.6 is 0 Å². The van der Waals surface area contributed by atoms with Crippen LogP contribution in [0.25, 0.3) is 11.5 Å². The second-order valence-electron chi connectivity index (χ2n) is 7.48. The third-order valence-electron chi connectivity index (χ3n) is 5.48. The van der Waals surface area contributed by atoms with Crippen molar-refractivity contribution in [3.63, 3.8) is 0 Å². The van der Waals surface area contributed by atoms with Gasteiger partial charge in [0.2, 0.25) is 0 Å². The molecule has 0 saturated carbocycles. The molecule has 2 aliphatic heterocycles. The molecule has 1 atom stereocenters. The van der Waals surface area contributed by atoms with E-state index in [4.69, 9.17) is 14.7 Å². The third kappa shape index (κ3) is 4.62. The number of morpholine rings is 1. The van der Waals surface area contributed by atoms with Crippen LogP contribution in [0.2, 0.25) is 0 Å². The Hall–Kier alpha value is -2.05. The first-order valence-corrected chi connectivity index (χ1v) is 10.2. The van der Waals surface area contributed by atoms with Crippen molar-refractivity contribution in [1.29, 1.82) is 0 Å². The molecule has 6 heteroatoms. The lowest BCUT2D eigenvalue weighted by molar-refractivity contribution is 0.0296. The normalized spacial score (nSPS) is 21.4. The van der Waals surface area contributed by atoms with Gasteiger partial charge in [0.05, 0.1) is 13.2 Å². The maximum absolute atomic E-state index is 5.49. The van der Waals surface area contributed by atoms with Gasteiger partial charge in [-0.05, 0) is 37.3 Å². The van der Waals surface area contributed by atoms with Gasteiger partial charge in [0, 0.05) is 50.7 Å². The van der Waals surface area contributed by atoms with Crippen LogP contribution in [0, 0.1) is 5.92 Å². The molecule has 4 rings (SSSR count). The quantitative estimate of drug-likeness (QED) is 0.810. The summed E-state index contributed by atoms with van der Waals surface area (Å²) in [6, 6.07) is 8.05. The minimum Gasteiger partial charge on any atom is -0.379 e. The average Bonchev–Trinajstić information content (AvgIpc) is 2.75. The molecule has 2 saturated heterocycles. The summed E-state index contributed by atoms with van der Waals surface area (Å²) in [5.41, 5.74) is 1.92. The zero-order valence-electron chi connectivity index (χ0n) is 16.2. The second-order valence-corrected chi connectivity index (χ2v) is 7.48. The summed E-state index contributed by atoms with van der Waals surface area (Å²) in [5.74, 6) is 2.48. The molecule has 0 spiro atoms. The van der Waals surface area contributed by atoms with E-state index in [1.165, 1.54) is 19.4 Å². The van der Waals surface area contributed by atoms with E-state index in [0.717, 1.165) is 68.8 Å². The zero-order valence-corrected chi connectivity index (χ0v) is 16.2. The number of aryl methyl sites for hydroxylation is 1. The van der Waals surface area contributed by atoms with Crippen molar-refractivity contribution in [2.24, 2.45) is 5.92 Å². The Labute approximate surface area is 161 Å². The smallest absolute Gasteiger partial charge is 0.180 e. The van der Waals surface area contributed by atoms with E-state index in [-0.39, 0.29) is 0 Å². The van der Waals surface area contributed by atoms with Crippen molar-refractivity contribution < 1.29 is 4.74 Å². The van der Waals surface area contributed by atoms with Crippen LogP contribution in [0.4, 0.5) is 5.82 Å². The largest absolute Gasteiger partial charge is 0.379 e. The Kier molecular flexibility index (Phi) is 5.94. The first-order valence-electron chi connectivity index (χ1n) is 10.2. The van der Waals surface area contributed by atoms with E-state index in [9.17, 15) is 0 Å². The molecule has 0 N–H and O–H groups in total. The highest BCUT2D eigenvalue weighted by atomic mass is 16.5. The second kappa shape index (κ2) is 8.76. The molecule has 2 fully saturated rings. The zero-order chi connectivity index (χ0) is 18.5. The van der Waals surface area contributed by atoms with Crippen LogP contribution in [0.3, 0.4) is 0 Å². The van der Waals surface area contributed by atoms with Gasteiger partial charge in [0.1, 0.15) is 11.5 Å². The van der Waals surface area contributed by atoms with Crippen LogP contribution < -0.4 is 4.90 Å². The molecule has 2 aliphatic rings. The lowest BCUT2D eigenvalue weighted by atomic mass is 9.97. The van der Waals surface area contributed by atoms with Gasteiger partial charge in [-0.2, -0.15) is 0 Å². The highest BCUT2D eigenvalue weighted by Gasteiger charge is 2.24. The number of ether oxygens (including phenoxy) is 1. The monoisotopic (exact) mass is 367 g/mol. The summed E-state index contributed by atoms with van der Waals surface area (Å²) in [6.45, 7) is 9.32. The summed E-state index contributed by atoms with van der Waals surface area (Å²) in [4.78, 5) is 19.0. The van der Waals surface area contributed by atoms with Crippen molar-refractivity contribution in [2.75, 3.05) is 50.8 Å². The molecule has 0 radical (unpaired) electrons. The maximum atomic E-state index is 5.49. The topological polar surface area (TPSA) is 54.4 Å². The minimum absolute atomic E-state index is 0.690. The first kappa shape index (κ1) is 18.3. The van der Waals surface area contributed by atoms with Crippen LogP contribution in [0.5, 0.6) is 0 Å². The molecule has 144 valence electrons. The molecule has 2 aromatic heterocycles. The van der Waals surface area contributed by atoms with Gasteiger partial charge in [-0.15, -0.1) is 0 Å². The van der Waals surface area contributed by atoms with Crippen molar-refractivity contribution in [2.45, 2.75) is 26.2 Å². The fraction of sp³-hybridized carbons (Fsp3) is 0.571. The standard InChI is InChI=1S/C21H29N5O/c1-2-18-14-20(24-21(23-18)19-7-3-4-8-22-19)26-9-5-6-17(16-26)15-25-10-12-27-13-11-25/h3-4,7-8,14,17H,2,5-6,9-13,15-16H2,1H3. The van der Waals surface area contributed by atoms with E-state index < -0.39 is 0 Å². The molecule has 1 unspecified atom stereocenters. The van der Waals surface area contributed by atoms with Gasteiger partial charge in [-0.3, -0.25) is 9.88 Å². The van der Waals surface area contributed by atoms with E-state index in [2.05, 4.69) is 27.8 Å².